The largest absolute Gasteiger partial charge is 0.306 e. The number of nitrogens with zero attached hydrogens (tertiary/aromatic N) is 1. The van der Waals surface area contributed by atoms with Crippen LogP contribution in [0.1, 0.15) is 63.5 Å². The maximum atomic E-state index is 4.02. The van der Waals surface area contributed by atoms with E-state index in [0.717, 1.165) is 6.04 Å². The summed E-state index contributed by atoms with van der Waals surface area (Å²) in [4.78, 5) is 2.73. The molecule has 2 aliphatic heterocycles. The van der Waals surface area contributed by atoms with Crippen LogP contribution in [-0.2, 0) is 0 Å². The number of benzene rings is 1. The molecule has 2 fully saturated rings. The van der Waals surface area contributed by atoms with E-state index in [0.29, 0.717) is 12.1 Å². The number of hydrogen-bond donors (Lipinski definition) is 1. The Morgan fingerprint density at radius 1 is 1.14 bits per heavy atom. The van der Waals surface area contributed by atoms with Gasteiger partial charge in [-0.1, -0.05) is 56.5 Å². The lowest BCUT2D eigenvalue weighted by molar-refractivity contribution is 0.175. The van der Waals surface area contributed by atoms with Crippen LogP contribution in [0.15, 0.2) is 30.3 Å². The Kier molecular flexibility index (Phi) is 5.32. The molecule has 0 spiro atoms. The topological polar surface area (TPSA) is 15.3 Å². The Morgan fingerprint density at radius 2 is 2.00 bits per heavy atom. The number of rotatable bonds is 6. The van der Waals surface area contributed by atoms with Crippen LogP contribution in [0.5, 0.6) is 0 Å². The van der Waals surface area contributed by atoms with Gasteiger partial charge in [-0.05, 0) is 37.8 Å². The van der Waals surface area contributed by atoms with Gasteiger partial charge in [0.15, 0.2) is 0 Å². The summed E-state index contributed by atoms with van der Waals surface area (Å²) < 4.78 is 0. The first-order valence-electron chi connectivity index (χ1n) is 8.93. The molecule has 1 aromatic carbocycles. The Labute approximate surface area is 129 Å². The van der Waals surface area contributed by atoms with Gasteiger partial charge in [0.1, 0.15) is 0 Å². The zero-order valence-corrected chi connectivity index (χ0v) is 13.4. The van der Waals surface area contributed by atoms with Gasteiger partial charge < -0.3 is 5.32 Å². The highest BCUT2D eigenvalue weighted by Crippen LogP contribution is 2.30. The van der Waals surface area contributed by atoms with E-state index in [4.69, 9.17) is 0 Å². The van der Waals surface area contributed by atoms with E-state index < -0.39 is 0 Å². The standard InChI is InChI=1S/C19H30N2/c1-2-3-11-17(16-9-5-4-6-10-16)20-18-13-15-21-14-8-7-12-19(18)21/h4-6,9-10,17-20H,2-3,7-8,11-15H2,1H3. The van der Waals surface area contributed by atoms with Crippen molar-refractivity contribution >= 4 is 0 Å². The van der Waals surface area contributed by atoms with Gasteiger partial charge in [-0.3, -0.25) is 4.90 Å². The van der Waals surface area contributed by atoms with Gasteiger partial charge in [-0.2, -0.15) is 0 Å². The summed E-state index contributed by atoms with van der Waals surface area (Å²) in [5, 5.41) is 4.02. The molecule has 2 nitrogen and oxygen atoms in total. The van der Waals surface area contributed by atoms with Crippen molar-refractivity contribution in [3.8, 4) is 0 Å². The number of piperidine rings is 1. The second kappa shape index (κ2) is 7.42. The molecule has 0 saturated carbocycles. The van der Waals surface area contributed by atoms with E-state index in [9.17, 15) is 0 Å². The summed E-state index contributed by atoms with van der Waals surface area (Å²) in [7, 11) is 0. The minimum Gasteiger partial charge on any atom is -0.306 e. The number of unbranched alkanes of at least 4 members (excludes halogenated alkanes) is 1. The summed E-state index contributed by atoms with van der Waals surface area (Å²) in [6.45, 7) is 4.92. The molecule has 0 amide bonds. The molecule has 2 heterocycles. The minimum absolute atomic E-state index is 0.540. The van der Waals surface area contributed by atoms with Crippen molar-refractivity contribution < 1.29 is 0 Å². The molecule has 3 rings (SSSR count). The average Bonchev–Trinajstić information content (AvgIpc) is 2.95. The van der Waals surface area contributed by atoms with Crippen LogP contribution in [-0.4, -0.2) is 30.1 Å². The van der Waals surface area contributed by atoms with Crippen LogP contribution in [0.2, 0.25) is 0 Å². The fraction of sp³-hybridized carbons (Fsp3) is 0.684. The first-order valence-corrected chi connectivity index (χ1v) is 8.93. The van der Waals surface area contributed by atoms with Gasteiger partial charge in [-0.25, -0.2) is 0 Å². The second-order valence-electron chi connectivity index (χ2n) is 6.77. The quantitative estimate of drug-likeness (QED) is 0.845. The molecule has 3 unspecified atom stereocenters. The molecule has 116 valence electrons. The molecule has 0 radical (unpaired) electrons. The predicted molar refractivity (Wildman–Crippen MR) is 89.5 cm³/mol. The highest BCUT2D eigenvalue weighted by molar-refractivity contribution is 5.19. The zero-order chi connectivity index (χ0) is 14.5. The predicted octanol–water partition coefficient (Wildman–Crippen LogP) is 4.13. The minimum atomic E-state index is 0.540. The van der Waals surface area contributed by atoms with Crippen LogP contribution in [0, 0.1) is 0 Å². The normalized spacial score (nSPS) is 27.5. The third kappa shape index (κ3) is 3.67. The highest BCUT2D eigenvalue weighted by Gasteiger charge is 2.36. The van der Waals surface area contributed by atoms with Crippen LogP contribution >= 0.6 is 0 Å². The fourth-order valence-corrected chi connectivity index (χ4v) is 4.14. The van der Waals surface area contributed by atoms with E-state index in [1.54, 1.807) is 0 Å². The van der Waals surface area contributed by atoms with Crippen LogP contribution in [0.25, 0.3) is 0 Å². The Balaban J connectivity index is 1.66. The maximum absolute atomic E-state index is 4.02. The molecular weight excluding hydrogens is 256 g/mol. The Hall–Kier alpha value is -0.860. The third-order valence-electron chi connectivity index (χ3n) is 5.32. The van der Waals surface area contributed by atoms with Gasteiger partial charge >= 0.3 is 0 Å². The summed E-state index contributed by atoms with van der Waals surface area (Å²) in [6.07, 6.45) is 9.42. The molecule has 2 heteroatoms. The molecule has 2 saturated heterocycles. The summed E-state index contributed by atoms with van der Waals surface area (Å²) in [5.74, 6) is 0. The van der Waals surface area contributed by atoms with E-state index >= 15 is 0 Å². The number of nitrogens with one attached hydrogen (secondary N) is 1. The van der Waals surface area contributed by atoms with Crippen LogP contribution < -0.4 is 5.32 Å². The lowest BCUT2D eigenvalue weighted by Crippen LogP contribution is -2.45. The fourth-order valence-electron chi connectivity index (χ4n) is 4.14. The summed E-state index contributed by atoms with van der Waals surface area (Å²) in [6, 6.07) is 13.1. The third-order valence-corrected chi connectivity index (χ3v) is 5.32. The molecule has 0 aromatic heterocycles. The first-order chi connectivity index (χ1) is 10.4. The van der Waals surface area contributed by atoms with Crippen LogP contribution in [0.3, 0.4) is 0 Å². The van der Waals surface area contributed by atoms with Crippen molar-refractivity contribution in [2.45, 2.75) is 70.0 Å². The van der Waals surface area contributed by atoms with Gasteiger partial charge in [0.2, 0.25) is 0 Å². The van der Waals surface area contributed by atoms with E-state index in [2.05, 4.69) is 47.5 Å². The lowest BCUT2D eigenvalue weighted by Gasteiger charge is -2.34. The average molecular weight is 286 g/mol. The van der Waals surface area contributed by atoms with Crippen molar-refractivity contribution in [3.63, 3.8) is 0 Å². The Bertz CT molecular complexity index is 417. The second-order valence-corrected chi connectivity index (χ2v) is 6.77. The van der Waals surface area contributed by atoms with E-state index in [1.807, 2.05) is 0 Å². The highest BCUT2D eigenvalue weighted by atomic mass is 15.2. The molecule has 0 aliphatic carbocycles. The molecular formula is C19H30N2. The molecule has 0 bridgehead atoms. The van der Waals surface area contributed by atoms with Crippen LogP contribution in [0.4, 0.5) is 0 Å². The smallest absolute Gasteiger partial charge is 0.0323 e. The zero-order valence-electron chi connectivity index (χ0n) is 13.4. The van der Waals surface area contributed by atoms with Crippen molar-refractivity contribution in [1.29, 1.82) is 0 Å². The molecule has 2 aliphatic rings. The maximum Gasteiger partial charge on any atom is 0.0323 e. The van der Waals surface area contributed by atoms with Crippen molar-refractivity contribution in [2.24, 2.45) is 0 Å². The van der Waals surface area contributed by atoms with Gasteiger partial charge in [0.25, 0.3) is 0 Å². The van der Waals surface area contributed by atoms with E-state index in [-0.39, 0.29) is 0 Å². The van der Waals surface area contributed by atoms with Crippen molar-refractivity contribution in [2.75, 3.05) is 13.1 Å². The molecule has 21 heavy (non-hydrogen) atoms. The van der Waals surface area contributed by atoms with E-state index in [1.165, 1.54) is 63.6 Å². The van der Waals surface area contributed by atoms with Gasteiger partial charge in [-0.15, -0.1) is 0 Å². The summed E-state index contributed by atoms with van der Waals surface area (Å²) >= 11 is 0. The molecule has 3 atom stereocenters. The number of hydrogen-bond acceptors (Lipinski definition) is 2. The molecule has 1 N–H and O–H groups in total. The van der Waals surface area contributed by atoms with Gasteiger partial charge in [0.05, 0.1) is 0 Å². The SMILES string of the molecule is CCCCC(NC1CCN2CCCCC12)c1ccccc1. The summed E-state index contributed by atoms with van der Waals surface area (Å²) in [5.41, 5.74) is 1.47. The van der Waals surface area contributed by atoms with Gasteiger partial charge in [0, 0.05) is 24.7 Å². The van der Waals surface area contributed by atoms with Crippen molar-refractivity contribution in [3.05, 3.63) is 35.9 Å². The molecule has 1 aromatic rings. The number of fused-ring (bicyclic) bond motifs is 1. The Morgan fingerprint density at radius 3 is 2.81 bits per heavy atom. The monoisotopic (exact) mass is 286 g/mol. The lowest BCUT2D eigenvalue weighted by atomic mass is 9.95. The van der Waals surface area contributed by atoms with Crippen molar-refractivity contribution in [1.82, 2.24) is 10.2 Å². The first kappa shape index (κ1) is 15.1.